The molecular formula is C16H31N3O. The summed E-state index contributed by atoms with van der Waals surface area (Å²) in [5.41, 5.74) is 0.418. The summed E-state index contributed by atoms with van der Waals surface area (Å²) < 4.78 is 0. The van der Waals surface area contributed by atoms with E-state index in [4.69, 9.17) is 0 Å². The van der Waals surface area contributed by atoms with Gasteiger partial charge in [-0.1, -0.05) is 6.92 Å². The highest BCUT2D eigenvalue weighted by atomic mass is 16.2. The Kier molecular flexibility index (Phi) is 5.44. The molecule has 2 rings (SSSR count). The van der Waals surface area contributed by atoms with E-state index < -0.39 is 0 Å². The third-order valence-corrected chi connectivity index (χ3v) is 5.18. The van der Waals surface area contributed by atoms with Gasteiger partial charge in [0.05, 0.1) is 6.04 Å². The van der Waals surface area contributed by atoms with Crippen LogP contribution >= 0.6 is 0 Å². The van der Waals surface area contributed by atoms with Gasteiger partial charge >= 0.3 is 0 Å². The number of amides is 1. The number of carbonyl (C=O) groups excluding carboxylic acids is 1. The smallest absolute Gasteiger partial charge is 0.237 e. The van der Waals surface area contributed by atoms with E-state index in [1.807, 2.05) is 0 Å². The lowest BCUT2D eigenvalue weighted by Gasteiger charge is -2.47. The van der Waals surface area contributed by atoms with E-state index in [9.17, 15) is 4.79 Å². The normalized spacial score (nSPS) is 30.9. The van der Waals surface area contributed by atoms with Gasteiger partial charge in [0.15, 0.2) is 0 Å². The second-order valence-electron chi connectivity index (χ2n) is 6.85. The van der Waals surface area contributed by atoms with Crippen LogP contribution in [0.4, 0.5) is 0 Å². The van der Waals surface area contributed by atoms with Crippen LogP contribution in [0.5, 0.6) is 0 Å². The summed E-state index contributed by atoms with van der Waals surface area (Å²) >= 11 is 0. The molecule has 0 bridgehead atoms. The van der Waals surface area contributed by atoms with Crippen molar-refractivity contribution in [1.82, 2.24) is 15.5 Å². The number of hydrogen-bond donors (Lipinski definition) is 2. The molecular weight excluding hydrogens is 250 g/mol. The zero-order valence-electron chi connectivity index (χ0n) is 13.4. The standard InChI is InChI=1S/C16H31N3O/c1-4-13(2)18-15(20)14(3)19-10-6-8-16(12-19)7-5-9-17-11-16/h13-14,17H,4-12H2,1-3H3,(H,18,20). The molecule has 4 heteroatoms. The Bertz CT molecular complexity index is 320. The summed E-state index contributed by atoms with van der Waals surface area (Å²) in [4.78, 5) is 14.7. The van der Waals surface area contributed by atoms with E-state index in [0.29, 0.717) is 5.41 Å². The number of rotatable bonds is 4. The molecule has 0 aromatic carbocycles. The van der Waals surface area contributed by atoms with Gasteiger partial charge in [0.1, 0.15) is 0 Å². The molecule has 2 aliphatic heterocycles. The molecule has 20 heavy (non-hydrogen) atoms. The van der Waals surface area contributed by atoms with Gasteiger partial charge in [-0.2, -0.15) is 0 Å². The second kappa shape index (κ2) is 6.90. The SMILES string of the molecule is CCC(C)NC(=O)C(C)N1CCCC2(CCCNC2)C1. The molecule has 0 aromatic heterocycles. The Labute approximate surface area is 123 Å². The molecule has 0 aromatic rings. The summed E-state index contributed by atoms with van der Waals surface area (Å²) in [7, 11) is 0. The average Bonchev–Trinajstić information content (AvgIpc) is 2.47. The van der Waals surface area contributed by atoms with Crippen molar-refractivity contribution in [2.75, 3.05) is 26.2 Å². The molecule has 2 N–H and O–H groups in total. The average molecular weight is 281 g/mol. The highest BCUT2D eigenvalue weighted by Crippen LogP contribution is 2.36. The minimum Gasteiger partial charge on any atom is -0.352 e. The van der Waals surface area contributed by atoms with Crippen molar-refractivity contribution < 1.29 is 4.79 Å². The van der Waals surface area contributed by atoms with Crippen molar-refractivity contribution in [3.63, 3.8) is 0 Å². The fourth-order valence-corrected chi connectivity index (χ4v) is 3.59. The molecule has 1 amide bonds. The van der Waals surface area contributed by atoms with Gasteiger partial charge in [0.2, 0.25) is 5.91 Å². The molecule has 2 saturated heterocycles. The van der Waals surface area contributed by atoms with Crippen LogP contribution in [-0.4, -0.2) is 49.1 Å². The maximum absolute atomic E-state index is 12.3. The second-order valence-corrected chi connectivity index (χ2v) is 6.85. The van der Waals surface area contributed by atoms with Gasteiger partial charge in [-0.25, -0.2) is 0 Å². The monoisotopic (exact) mass is 281 g/mol. The molecule has 0 saturated carbocycles. The van der Waals surface area contributed by atoms with Crippen molar-refractivity contribution >= 4 is 5.91 Å². The highest BCUT2D eigenvalue weighted by Gasteiger charge is 2.38. The Morgan fingerprint density at radius 3 is 2.75 bits per heavy atom. The molecule has 1 spiro atoms. The van der Waals surface area contributed by atoms with E-state index >= 15 is 0 Å². The lowest BCUT2D eigenvalue weighted by Crippen LogP contribution is -2.56. The first-order valence-electron chi connectivity index (χ1n) is 8.31. The zero-order chi connectivity index (χ0) is 14.6. The highest BCUT2D eigenvalue weighted by molar-refractivity contribution is 5.81. The van der Waals surface area contributed by atoms with Crippen molar-refractivity contribution in [2.45, 2.75) is 65.0 Å². The van der Waals surface area contributed by atoms with Crippen molar-refractivity contribution in [2.24, 2.45) is 5.41 Å². The van der Waals surface area contributed by atoms with Crippen LogP contribution in [0.1, 0.15) is 52.9 Å². The molecule has 0 aliphatic carbocycles. The van der Waals surface area contributed by atoms with Crippen LogP contribution in [0.2, 0.25) is 0 Å². The number of nitrogens with zero attached hydrogens (tertiary/aromatic N) is 1. The Morgan fingerprint density at radius 2 is 2.10 bits per heavy atom. The van der Waals surface area contributed by atoms with Gasteiger partial charge in [-0.15, -0.1) is 0 Å². The van der Waals surface area contributed by atoms with Gasteiger partial charge in [0.25, 0.3) is 0 Å². The first kappa shape index (κ1) is 15.8. The van der Waals surface area contributed by atoms with Gasteiger partial charge in [-0.05, 0) is 64.5 Å². The number of carbonyl (C=O) groups is 1. The number of hydrogen-bond acceptors (Lipinski definition) is 3. The Morgan fingerprint density at radius 1 is 1.35 bits per heavy atom. The van der Waals surface area contributed by atoms with E-state index in [-0.39, 0.29) is 18.0 Å². The minimum atomic E-state index is 0.00287. The molecule has 4 nitrogen and oxygen atoms in total. The summed E-state index contributed by atoms with van der Waals surface area (Å²) in [5, 5.41) is 6.67. The largest absolute Gasteiger partial charge is 0.352 e. The fourth-order valence-electron chi connectivity index (χ4n) is 3.59. The predicted octanol–water partition coefficient (Wildman–Crippen LogP) is 1.76. The van der Waals surface area contributed by atoms with Crippen LogP contribution in [-0.2, 0) is 4.79 Å². The van der Waals surface area contributed by atoms with Crippen LogP contribution < -0.4 is 10.6 Å². The van der Waals surface area contributed by atoms with Crippen molar-refractivity contribution in [3.8, 4) is 0 Å². The minimum absolute atomic E-state index is 0.00287. The first-order valence-corrected chi connectivity index (χ1v) is 8.31. The zero-order valence-corrected chi connectivity index (χ0v) is 13.4. The van der Waals surface area contributed by atoms with Gasteiger partial charge in [-0.3, -0.25) is 9.69 Å². The molecule has 116 valence electrons. The quantitative estimate of drug-likeness (QED) is 0.825. The van der Waals surface area contributed by atoms with Crippen LogP contribution in [0.15, 0.2) is 0 Å². The summed E-state index contributed by atoms with van der Waals surface area (Å²) in [6, 6.07) is 0.281. The number of piperidine rings is 2. The Hall–Kier alpha value is -0.610. The van der Waals surface area contributed by atoms with Crippen LogP contribution in [0, 0.1) is 5.41 Å². The summed E-state index contributed by atoms with van der Waals surface area (Å²) in [6.45, 7) is 10.7. The van der Waals surface area contributed by atoms with Gasteiger partial charge < -0.3 is 10.6 Å². The molecule has 3 atom stereocenters. The van der Waals surface area contributed by atoms with Crippen molar-refractivity contribution in [3.05, 3.63) is 0 Å². The van der Waals surface area contributed by atoms with E-state index in [1.54, 1.807) is 0 Å². The molecule has 3 unspecified atom stereocenters. The molecule has 0 radical (unpaired) electrons. The molecule has 2 heterocycles. The summed E-state index contributed by atoms with van der Waals surface area (Å²) in [5.74, 6) is 0.195. The van der Waals surface area contributed by atoms with E-state index in [0.717, 1.165) is 32.6 Å². The number of likely N-dealkylation sites (tertiary alicyclic amines) is 1. The summed E-state index contributed by atoms with van der Waals surface area (Å²) in [6.07, 6.45) is 6.13. The number of nitrogens with one attached hydrogen (secondary N) is 2. The first-order chi connectivity index (χ1) is 9.56. The van der Waals surface area contributed by atoms with Gasteiger partial charge in [0, 0.05) is 19.1 Å². The lowest BCUT2D eigenvalue weighted by atomic mass is 9.74. The molecule has 2 fully saturated rings. The molecule has 2 aliphatic rings. The fraction of sp³-hybridized carbons (Fsp3) is 0.938. The van der Waals surface area contributed by atoms with Crippen LogP contribution in [0.3, 0.4) is 0 Å². The predicted molar refractivity (Wildman–Crippen MR) is 82.7 cm³/mol. The maximum atomic E-state index is 12.3. The third kappa shape index (κ3) is 3.73. The maximum Gasteiger partial charge on any atom is 0.237 e. The Balaban J connectivity index is 1.92. The lowest BCUT2D eigenvalue weighted by molar-refractivity contribution is -0.128. The van der Waals surface area contributed by atoms with E-state index in [2.05, 4.69) is 36.3 Å². The van der Waals surface area contributed by atoms with Crippen molar-refractivity contribution in [1.29, 1.82) is 0 Å². The van der Waals surface area contributed by atoms with E-state index in [1.165, 1.54) is 25.7 Å². The van der Waals surface area contributed by atoms with Crippen LogP contribution in [0.25, 0.3) is 0 Å². The topological polar surface area (TPSA) is 44.4 Å². The third-order valence-electron chi connectivity index (χ3n) is 5.18.